The van der Waals surface area contributed by atoms with Crippen LogP contribution in [-0.4, -0.2) is 42.4 Å². The lowest BCUT2D eigenvalue weighted by molar-refractivity contribution is -0.132. The lowest BCUT2D eigenvalue weighted by Gasteiger charge is -2.45. The van der Waals surface area contributed by atoms with Crippen molar-refractivity contribution in [2.75, 3.05) is 13.2 Å². The summed E-state index contributed by atoms with van der Waals surface area (Å²) in [7, 11) is 0. The Labute approximate surface area is 154 Å². The fourth-order valence-corrected chi connectivity index (χ4v) is 4.00. The summed E-state index contributed by atoms with van der Waals surface area (Å²) < 4.78 is 5.19. The predicted molar refractivity (Wildman–Crippen MR) is 97.6 cm³/mol. The van der Waals surface area contributed by atoms with Gasteiger partial charge in [0.2, 0.25) is 6.08 Å². The zero-order valence-corrected chi connectivity index (χ0v) is 16.0. The summed E-state index contributed by atoms with van der Waals surface area (Å²) in [5.74, 6) is -0.995. The first-order chi connectivity index (χ1) is 12.1. The normalized spacial score (nSPS) is 24.2. The molecule has 2 N–H and O–H groups in total. The molecule has 0 aromatic carbocycles. The van der Waals surface area contributed by atoms with Crippen LogP contribution in [-0.2, 0) is 14.3 Å². The smallest absolute Gasteiger partial charge is 0.407 e. The number of aliphatic imine (C=N–C) groups is 1. The van der Waals surface area contributed by atoms with Crippen molar-refractivity contribution in [1.29, 1.82) is 0 Å². The summed E-state index contributed by atoms with van der Waals surface area (Å²) in [4.78, 5) is 36.8. The number of isocyanates is 1. The van der Waals surface area contributed by atoms with Crippen LogP contribution < -0.4 is 5.32 Å². The quantitative estimate of drug-likeness (QED) is 0.281. The van der Waals surface area contributed by atoms with Gasteiger partial charge in [0.05, 0.1) is 13.2 Å². The Balaban J connectivity index is 2.41. The van der Waals surface area contributed by atoms with Gasteiger partial charge in [-0.3, -0.25) is 0 Å². The molecular formula is C19H30N2O5. The third kappa shape index (κ3) is 7.83. The molecule has 2 unspecified atom stereocenters. The molecule has 7 heteroatoms. The topological polar surface area (TPSA) is 105 Å². The maximum atomic E-state index is 12.0. The highest BCUT2D eigenvalue weighted by Crippen LogP contribution is 2.46. The van der Waals surface area contributed by atoms with Gasteiger partial charge in [0, 0.05) is 11.6 Å². The average molecular weight is 366 g/mol. The first-order valence-electron chi connectivity index (χ1n) is 8.95. The zero-order valence-electron chi connectivity index (χ0n) is 16.0. The van der Waals surface area contributed by atoms with E-state index in [9.17, 15) is 14.4 Å². The molecule has 0 bridgehead atoms. The van der Waals surface area contributed by atoms with Crippen LogP contribution in [0, 0.1) is 10.8 Å². The Morgan fingerprint density at radius 2 is 2.00 bits per heavy atom. The number of rotatable bonds is 9. The van der Waals surface area contributed by atoms with E-state index in [2.05, 4.69) is 37.7 Å². The van der Waals surface area contributed by atoms with Crippen LogP contribution in [0.15, 0.2) is 17.1 Å². The maximum Gasteiger partial charge on any atom is 0.407 e. The number of carboxylic acids is 1. The molecular weight excluding hydrogens is 336 g/mol. The lowest BCUT2D eigenvalue weighted by Crippen LogP contribution is -2.48. The molecule has 0 aliphatic heterocycles. The Hall–Kier alpha value is -2.14. The van der Waals surface area contributed by atoms with Gasteiger partial charge >= 0.3 is 12.1 Å². The summed E-state index contributed by atoms with van der Waals surface area (Å²) in [5.41, 5.74) is 0.0330. The zero-order chi connectivity index (χ0) is 19.8. The monoisotopic (exact) mass is 366 g/mol. The molecule has 1 amide bonds. The molecule has 1 aliphatic carbocycles. The number of nitrogens with one attached hydrogen (secondary N) is 1. The van der Waals surface area contributed by atoms with Gasteiger partial charge in [-0.2, -0.15) is 0 Å². The van der Waals surface area contributed by atoms with Crippen molar-refractivity contribution in [1.82, 2.24) is 5.32 Å². The van der Waals surface area contributed by atoms with Gasteiger partial charge in [-0.15, -0.1) is 0 Å². The van der Waals surface area contributed by atoms with Gasteiger partial charge in [0.15, 0.2) is 0 Å². The second-order valence-corrected chi connectivity index (χ2v) is 8.31. The first kappa shape index (κ1) is 21.9. The number of nitrogens with zero attached hydrogens (tertiary/aromatic N) is 1. The van der Waals surface area contributed by atoms with Gasteiger partial charge in [-0.1, -0.05) is 27.4 Å². The molecule has 2 atom stereocenters. The van der Waals surface area contributed by atoms with Crippen molar-refractivity contribution >= 4 is 18.1 Å². The molecule has 0 spiro atoms. The molecule has 0 heterocycles. The Kier molecular flexibility index (Phi) is 8.03. The Morgan fingerprint density at radius 1 is 1.31 bits per heavy atom. The van der Waals surface area contributed by atoms with Crippen LogP contribution in [0.4, 0.5) is 4.79 Å². The average Bonchev–Trinajstić information content (AvgIpc) is 2.50. The van der Waals surface area contributed by atoms with Gasteiger partial charge in [-0.25, -0.2) is 19.4 Å². The standard InChI is InChI=1S/C19H30N2O5/c1-14(16(23)24)7-5-6-8-26-17(25)21-15-9-18(2,3)11-19(4,10-15)12-20-13-22/h15H,1,5-12H2,2-4H3,(H,21,25)(H,23,24). The van der Waals surface area contributed by atoms with Gasteiger partial charge < -0.3 is 15.2 Å². The Bertz CT molecular complexity index is 580. The summed E-state index contributed by atoms with van der Waals surface area (Å²) in [6, 6.07) is -0.0371. The first-order valence-corrected chi connectivity index (χ1v) is 8.95. The van der Waals surface area contributed by atoms with Gasteiger partial charge in [0.1, 0.15) is 0 Å². The van der Waals surface area contributed by atoms with Crippen molar-refractivity contribution in [2.24, 2.45) is 15.8 Å². The van der Waals surface area contributed by atoms with Crippen molar-refractivity contribution in [2.45, 2.75) is 65.3 Å². The fraction of sp³-hybridized carbons (Fsp3) is 0.737. The lowest BCUT2D eigenvalue weighted by atomic mass is 9.62. The number of carbonyl (C=O) groups is 2. The van der Waals surface area contributed by atoms with E-state index in [0.29, 0.717) is 25.8 Å². The van der Waals surface area contributed by atoms with E-state index < -0.39 is 12.1 Å². The highest BCUT2D eigenvalue weighted by Gasteiger charge is 2.41. The van der Waals surface area contributed by atoms with Crippen LogP contribution in [0.1, 0.15) is 59.3 Å². The van der Waals surface area contributed by atoms with Crippen LogP contribution >= 0.6 is 0 Å². The number of hydrogen-bond donors (Lipinski definition) is 2. The molecule has 1 aliphatic rings. The van der Waals surface area contributed by atoms with E-state index in [-0.39, 0.29) is 29.1 Å². The molecule has 0 aromatic rings. The number of unbranched alkanes of at least 4 members (excludes halogenated alkanes) is 1. The molecule has 26 heavy (non-hydrogen) atoms. The van der Waals surface area contributed by atoms with Crippen LogP contribution in [0.3, 0.4) is 0 Å². The Morgan fingerprint density at radius 3 is 2.62 bits per heavy atom. The minimum atomic E-state index is -0.995. The van der Waals surface area contributed by atoms with Crippen molar-refractivity contribution < 1.29 is 24.2 Å². The van der Waals surface area contributed by atoms with Crippen LogP contribution in [0.25, 0.3) is 0 Å². The number of amides is 1. The van der Waals surface area contributed by atoms with Crippen LogP contribution in [0.2, 0.25) is 0 Å². The molecule has 146 valence electrons. The molecule has 0 radical (unpaired) electrons. The second-order valence-electron chi connectivity index (χ2n) is 8.31. The van der Waals surface area contributed by atoms with Gasteiger partial charge in [-0.05, 0) is 49.4 Å². The van der Waals surface area contributed by atoms with E-state index >= 15 is 0 Å². The van der Waals surface area contributed by atoms with E-state index in [0.717, 1.165) is 19.3 Å². The number of aliphatic carboxylic acids is 1. The van der Waals surface area contributed by atoms with E-state index in [4.69, 9.17) is 9.84 Å². The minimum Gasteiger partial charge on any atom is -0.478 e. The van der Waals surface area contributed by atoms with E-state index in [1.54, 1.807) is 6.08 Å². The third-order valence-corrected chi connectivity index (χ3v) is 4.70. The number of carbonyl (C=O) groups excluding carboxylic acids is 2. The van der Waals surface area contributed by atoms with Crippen molar-refractivity contribution in [3.8, 4) is 0 Å². The summed E-state index contributed by atoms with van der Waals surface area (Å²) >= 11 is 0. The fourth-order valence-electron chi connectivity index (χ4n) is 4.00. The van der Waals surface area contributed by atoms with Crippen molar-refractivity contribution in [3.63, 3.8) is 0 Å². The highest BCUT2D eigenvalue weighted by molar-refractivity contribution is 5.85. The molecule has 7 nitrogen and oxygen atoms in total. The third-order valence-electron chi connectivity index (χ3n) is 4.70. The molecule has 1 saturated carbocycles. The maximum absolute atomic E-state index is 12.0. The molecule has 1 fully saturated rings. The van der Waals surface area contributed by atoms with E-state index in [1.165, 1.54) is 0 Å². The molecule has 1 rings (SSSR count). The summed E-state index contributed by atoms with van der Waals surface area (Å²) in [5, 5.41) is 11.6. The molecule has 0 aromatic heterocycles. The van der Waals surface area contributed by atoms with Crippen molar-refractivity contribution in [3.05, 3.63) is 12.2 Å². The van der Waals surface area contributed by atoms with Gasteiger partial charge in [0.25, 0.3) is 0 Å². The second kappa shape index (κ2) is 9.53. The largest absolute Gasteiger partial charge is 0.478 e. The minimum absolute atomic E-state index is 0.0283. The SMILES string of the molecule is C=C(CCCCOC(=O)NC1CC(C)(C)CC(C)(CN=C=O)C1)C(=O)O. The predicted octanol–water partition coefficient (Wildman–Crippen LogP) is 3.44. The highest BCUT2D eigenvalue weighted by atomic mass is 16.5. The summed E-state index contributed by atoms with van der Waals surface area (Å²) in [6.07, 6.45) is 5.19. The number of carboxylic acid groups (broad SMARTS) is 1. The number of ether oxygens (including phenoxy) is 1. The summed E-state index contributed by atoms with van der Waals surface area (Å²) in [6.45, 7) is 10.5. The molecule has 0 saturated heterocycles. The number of alkyl carbamates (subject to hydrolysis) is 1. The van der Waals surface area contributed by atoms with E-state index in [1.807, 2.05) is 0 Å². The number of hydrogen-bond acceptors (Lipinski definition) is 5. The van der Waals surface area contributed by atoms with Crippen LogP contribution in [0.5, 0.6) is 0 Å².